The van der Waals surface area contributed by atoms with Gasteiger partial charge >= 0.3 is 12.1 Å². The van der Waals surface area contributed by atoms with Crippen LogP contribution in [-0.4, -0.2) is 53.9 Å². The Morgan fingerprint density at radius 2 is 1.24 bits per heavy atom. The first-order valence-electron chi connectivity index (χ1n) is 14.9. The summed E-state index contributed by atoms with van der Waals surface area (Å²) in [5.41, 5.74) is -3.04. The first-order chi connectivity index (χ1) is 21.9. The van der Waals surface area contributed by atoms with Crippen molar-refractivity contribution in [2.24, 2.45) is 0 Å². The molecule has 6 nitrogen and oxygen atoms in total. The standard InChI is InChI=1S/C36H40F3NO5Si/c1-34(2,3)46(31-17-11-7-12-18-31,32-19-13-8-14-20-32)45-26-29(40-28-21-23-30(42-4)24-22-28)25-44-33(41)35(43-5,36(37,38)39)27-15-9-6-10-16-27/h6-24,29,40H,25-26H2,1-5H3/t29-,35-/m1/s1. The molecule has 1 N–H and O–H groups in total. The Kier molecular flexibility index (Phi) is 11.0. The molecule has 4 aromatic rings. The van der Waals surface area contributed by atoms with E-state index in [-0.39, 0.29) is 17.2 Å². The SMILES string of the molecule is COc1ccc(N[C@H](COC(=O)[C@](OC)(c2ccccc2)C(F)(F)F)CO[Si](c2ccccc2)(c2ccccc2)C(C)(C)C)cc1. The zero-order valence-corrected chi connectivity index (χ0v) is 27.6. The van der Waals surface area contributed by atoms with E-state index in [4.69, 9.17) is 18.6 Å². The van der Waals surface area contributed by atoms with Gasteiger partial charge in [0.2, 0.25) is 0 Å². The Bertz CT molecular complexity index is 1490. The number of methoxy groups -OCH3 is 2. The van der Waals surface area contributed by atoms with Crippen LogP contribution in [0.2, 0.25) is 5.04 Å². The van der Waals surface area contributed by atoms with E-state index in [1.807, 2.05) is 60.7 Å². The lowest BCUT2D eigenvalue weighted by Gasteiger charge is -2.43. The number of rotatable bonds is 13. The number of halogens is 3. The van der Waals surface area contributed by atoms with Gasteiger partial charge in [0.1, 0.15) is 12.4 Å². The topological polar surface area (TPSA) is 66.0 Å². The zero-order valence-electron chi connectivity index (χ0n) is 26.6. The van der Waals surface area contributed by atoms with Crippen molar-refractivity contribution in [3.05, 3.63) is 121 Å². The fourth-order valence-corrected chi connectivity index (χ4v) is 10.3. The van der Waals surface area contributed by atoms with Gasteiger partial charge in [-0.05, 0) is 39.7 Å². The Labute approximate surface area is 269 Å². The van der Waals surface area contributed by atoms with E-state index >= 15 is 0 Å². The van der Waals surface area contributed by atoms with Gasteiger partial charge in [-0.1, -0.05) is 112 Å². The lowest BCUT2D eigenvalue weighted by Crippen LogP contribution is -2.67. The zero-order chi connectivity index (χ0) is 33.4. The van der Waals surface area contributed by atoms with Gasteiger partial charge in [0.05, 0.1) is 19.8 Å². The molecule has 0 saturated heterocycles. The summed E-state index contributed by atoms with van der Waals surface area (Å²) in [7, 11) is -0.630. The monoisotopic (exact) mass is 651 g/mol. The molecule has 0 spiro atoms. The Morgan fingerprint density at radius 1 is 0.739 bits per heavy atom. The number of anilines is 1. The molecular weight excluding hydrogens is 611 g/mol. The number of alkyl halides is 3. The fraction of sp³-hybridized carbons (Fsp3) is 0.306. The summed E-state index contributed by atoms with van der Waals surface area (Å²) in [5, 5.41) is 5.02. The normalized spacial score (nSPS) is 14.2. The van der Waals surface area contributed by atoms with Crippen molar-refractivity contribution in [3.8, 4) is 5.75 Å². The Hall–Kier alpha value is -4.12. The van der Waals surface area contributed by atoms with Crippen molar-refractivity contribution in [2.75, 3.05) is 32.8 Å². The minimum absolute atomic E-state index is 0.0178. The molecule has 0 heterocycles. The molecule has 0 aliphatic heterocycles. The number of carbonyl (C=O) groups is 1. The quantitative estimate of drug-likeness (QED) is 0.128. The number of benzene rings is 4. The van der Waals surface area contributed by atoms with Crippen LogP contribution < -0.4 is 20.4 Å². The van der Waals surface area contributed by atoms with Gasteiger partial charge in [-0.3, -0.25) is 0 Å². The second kappa shape index (κ2) is 14.5. The Balaban J connectivity index is 1.71. The number of ether oxygens (including phenoxy) is 3. The maximum atomic E-state index is 14.6. The van der Waals surface area contributed by atoms with Crippen LogP contribution in [0, 0.1) is 0 Å². The third-order valence-electron chi connectivity index (χ3n) is 7.97. The summed E-state index contributed by atoms with van der Waals surface area (Å²) >= 11 is 0. The molecule has 0 aliphatic carbocycles. The van der Waals surface area contributed by atoms with Gasteiger partial charge in [0.15, 0.2) is 0 Å². The molecule has 0 amide bonds. The first kappa shape index (κ1) is 34.7. The highest BCUT2D eigenvalue weighted by atomic mass is 28.4. The van der Waals surface area contributed by atoms with E-state index in [1.54, 1.807) is 37.4 Å². The first-order valence-corrected chi connectivity index (χ1v) is 16.8. The molecule has 0 unspecified atom stereocenters. The maximum Gasteiger partial charge on any atom is 0.432 e. The van der Waals surface area contributed by atoms with Gasteiger partial charge in [-0.2, -0.15) is 13.2 Å². The van der Waals surface area contributed by atoms with E-state index in [9.17, 15) is 18.0 Å². The van der Waals surface area contributed by atoms with E-state index in [1.165, 1.54) is 24.3 Å². The molecule has 0 bridgehead atoms. The summed E-state index contributed by atoms with van der Waals surface area (Å²) in [6, 6.07) is 33.0. The van der Waals surface area contributed by atoms with E-state index in [0.717, 1.165) is 17.5 Å². The van der Waals surface area contributed by atoms with Gasteiger partial charge in [-0.25, -0.2) is 4.79 Å². The lowest BCUT2D eigenvalue weighted by molar-refractivity contribution is -0.276. The molecule has 0 saturated carbocycles. The maximum absolute atomic E-state index is 14.6. The number of nitrogens with one attached hydrogen (secondary N) is 1. The van der Waals surface area contributed by atoms with Gasteiger partial charge < -0.3 is 24.0 Å². The summed E-state index contributed by atoms with van der Waals surface area (Å²) < 4.78 is 66.5. The van der Waals surface area contributed by atoms with Crippen molar-refractivity contribution in [2.45, 2.75) is 43.6 Å². The van der Waals surface area contributed by atoms with Crippen LogP contribution in [0.25, 0.3) is 0 Å². The predicted molar refractivity (Wildman–Crippen MR) is 176 cm³/mol. The summed E-state index contributed by atoms with van der Waals surface area (Å²) in [6.45, 7) is 5.96. The van der Waals surface area contributed by atoms with E-state index in [2.05, 4.69) is 26.1 Å². The van der Waals surface area contributed by atoms with Gasteiger partial charge in [0, 0.05) is 18.4 Å². The average Bonchev–Trinajstić information content (AvgIpc) is 3.05. The van der Waals surface area contributed by atoms with Crippen molar-refractivity contribution < 1.29 is 36.6 Å². The summed E-state index contributed by atoms with van der Waals surface area (Å²) in [6.07, 6.45) is -5.09. The minimum atomic E-state index is -5.09. The summed E-state index contributed by atoms with van der Waals surface area (Å²) in [5.74, 6) is -0.935. The third-order valence-corrected chi connectivity index (χ3v) is 13.0. The molecule has 0 aliphatic rings. The number of hydrogen-bond donors (Lipinski definition) is 1. The smallest absolute Gasteiger partial charge is 0.432 e. The van der Waals surface area contributed by atoms with Gasteiger partial charge in [-0.15, -0.1) is 0 Å². The molecule has 4 rings (SSSR count). The van der Waals surface area contributed by atoms with Crippen LogP contribution in [0.3, 0.4) is 0 Å². The number of carbonyl (C=O) groups excluding carboxylic acids is 1. The molecule has 2 atom stereocenters. The van der Waals surface area contributed by atoms with Crippen molar-refractivity contribution in [1.82, 2.24) is 0 Å². The van der Waals surface area contributed by atoms with Crippen LogP contribution in [0.15, 0.2) is 115 Å². The molecule has 0 aromatic heterocycles. The Morgan fingerprint density at radius 3 is 1.67 bits per heavy atom. The molecule has 0 radical (unpaired) electrons. The van der Waals surface area contributed by atoms with Crippen LogP contribution in [-0.2, 0) is 24.3 Å². The highest BCUT2D eigenvalue weighted by Crippen LogP contribution is 2.43. The van der Waals surface area contributed by atoms with E-state index in [0.29, 0.717) is 11.4 Å². The highest BCUT2D eigenvalue weighted by Gasteiger charge is 2.64. The third kappa shape index (κ3) is 7.14. The van der Waals surface area contributed by atoms with Gasteiger partial charge in [0.25, 0.3) is 13.9 Å². The van der Waals surface area contributed by atoms with Crippen LogP contribution in [0.5, 0.6) is 5.75 Å². The van der Waals surface area contributed by atoms with Crippen molar-refractivity contribution in [1.29, 1.82) is 0 Å². The molecule has 4 aromatic carbocycles. The molecule has 0 fully saturated rings. The van der Waals surface area contributed by atoms with Crippen molar-refractivity contribution >= 4 is 30.3 Å². The largest absolute Gasteiger partial charge is 0.497 e. The predicted octanol–water partition coefficient (Wildman–Crippen LogP) is 6.70. The number of esters is 1. The van der Waals surface area contributed by atoms with Crippen LogP contribution >= 0.6 is 0 Å². The van der Waals surface area contributed by atoms with Crippen LogP contribution in [0.4, 0.5) is 18.9 Å². The molecular formula is C36H40F3NO5Si. The lowest BCUT2D eigenvalue weighted by atomic mass is 9.93. The fourth-order valence-electron chi connectivity index (χ4n) is 5.71. The average molecular weight is 652 g/mol. The molecule has 244 valence electrons. The van der Waals surface area contributed by atoms with E-state index < -0.39 is 38.7 Å². The highest BCUT2D eigenvalue weighted by molar-refractivity contribution is 6.99. The number of hydrogen-bond acceptors (Lipinski definition) is 6. The van der Waals surface area contributed by atoms with Crippen LogP contribution in [0.1, 0.15) is 26.3 Å². The van der Waals surface area contributed by atoms with Crippen molar-refractivity contribution in [3.63, 3.8) is 0 Å². The second-order valence-corrected chi connectivity index (χ2v) is 16.2. The second-order valence-electron chi connectivity index (χ2n) is 11.9. The molecule has 46 heavy (non-hydrogen) atoms. The minimum Gasteiger partial charge on any atom is -0.497 e. The molecule has 10 heteroatoms. The summed E-state index contributed by atoms with van der Waals surface area (Å²) in [4.78, 5) is 13.4.